The monoisotopic (exact) mass is 571 g/mol. The topological polar surface area (TPSA) is 101 Å². The van der Waals surface area contributed by atoms with Gasteiger partial charge >= 0.3 is 0 Å². The summed E-state index contributed by atoms with van der Waals surface area (Å²) >= 11 is 0. The summed E-state index contributed by atoms with van der Waals surface area (Å²) in [6.45, 7) is 8.35. The highest BCUT2D eigenvalue weighted by molar-refractivity contribution is 14.0. The molecule has 0 atom stereocenters. The number of halogens is 1. The Hall–Kier alpha value is -2.15. The number of furan rings is 1. The summed E-state index contributed by atoms with van der Waals surface area (Å²) in [5, 5.41) is 11.6. The van der Waals surface area contributed by atoms with Crippen molar-refractivity contribution < 1.29 is 13.9 Å². The van der Waals surface area contributed by atoms with Crippen LogP contribution in [-0.4, -0.2) is 82.4 Å². The minimum absolute atomic E-state index is 0. The highest BCUT2D eigenvalue weighted by Crippen LogP contribution is 2.20. The predicted octanol–water partition coefficient (Wildman–Crippen LogP) is 1.77. The maximum absolute atomic E-state index is 12.9. The van der Waals surface area contributed by atoms with E-state index < -0.39 is 0 Å². The molecule has 0 unspecified atom stereocenters. The number of guanidine groups is 1. The van der Waals surface area contributed by atoms with E-state index in [9.17, 15) is 4.79 Å². The third-order valence-electron chi connectivity index (χ3n) is 6.08. The van der Waals surface area contributed by atoms with Crippen LogP contribution >= 0.6 is 24.0 Å². The molecule has 2 aliphatic heterocycles. The second-order valence-electron chi connectivity index (χ2n) is 8.14. The Kier molecular flexibility index (Phi) is 9.97. The van der Waals surface area contributed by atoms with Gasteiger partial charge in [0.25, 0.3) is 0 Å². The van der Waals surface area contributed by atoms with E-state index in [1.165, 1.54) is 0 Å². The highest BCUT2D eigenvalue weighted by Gasteiger charge is 2.30. The Morgan fingerprint density at radius 3 is 2.70 bits per heavy atom. The number of nitrogens with one attached hydrogen (secondary N) is 1. The Balaban J connectivity index is 0.00000306. The molecule has 0 aliphatic carbocycles. The zero-order valence-electron chi connectivity index (χ0n) is 19.2. The number of aromatic nitrogens is 3. The van der Waals surface area contributed by atoms with Crippen molar-refractivity contribution in [3.8, 4) is 0 Å². The van der Waals surface area contributed by atoms with E-state index >= 15 is 0 Å². The average molecular weight is 571 g/mol. The maximum atomic E-state index is 12.9. The first-order valence-electron chi connectivity index (χ1n) is 11.5. The summed E-state index contributed by atoms with van der Waals surface area (Å²) in [5.74, 6) is 3.01. The van der Waals surface area contributed by atoms with Crippen LogP contribution in [0, 0.1) is 5.92 Å². The Bertz CT molecular complexity index is 872. The van der Waals surface area contributed by atoms with Crippen LogP contribution in [0.25, 0.3) is 0 Å². The van der Waals surface area contributed by atoms with Gasteiger partial charge in [0, 0.05) is 51.6 Å². The van der Waals surface area contributed by atoms with Crippen LogP contribution in [0.1, 0.15) is 31.4 Å². The molecule has 2 aromatic rings. The highest BCUT2D eigenvalue weighted by atomic mass is 127. The van der Waals surface area contributed by atoms with Crippen LogP contribution < -0.4 is 5.32 Å². The maximum Gasteiger partial charge on any atom is 0.225 e. The van der Waals surface area contributed by atoms with Gasteiger partial charge in [-0.1, -0.05) is 6.92 Å². The van der Waals surface area contributed by atoms with Gasteiger partial charge in [-0.15, -0.1) is 34.2 Å². The first-order valence-corrected chi connectivity index (χ1v) is 11.5. The molecule has 182 valence electrons. The lowest BCUT2D eigenvalue weighted by atomic mass is 9.95. The van der Waals surface area contributed by atoms with Crippen LogP contribution in [0.4, 0.5) is 0 Å². The number of likely N-dealkylation sites (tertiary alicyclic amines) is 1. The lowest BCUT2D eigenvalue weighted by Gasteiger charge is -2.36. The normalized spacial score (nSPS) is 17.7. The fraction of sp³-hybridized carbons (Fsp3) is 0.636. The number of aryl methyl sites for hydroxylation is 1. The summed E-state index contributed by atoms with van der Waals surface area (Å²) < 4.78 is 12.9. The largest absolute Gasteiger partial charge is 0.467 e. The lowest BCUT2D eigenvalue weighted by molar-refractivity contribution is -0.140. The molecule has 0 radical (unpaired) electrons. The molecule has 2 aromatic heterocycles. The summed E-state index contributed by atoms with van der Waals surface area (Å²) in [6.07, 6.45) is 5.96. The van der Waals surface area contributed by atoms with Crippen LogP contribution in [0.3, 0.4) is 0 Å². The number of hydrogen-bond donors (Lipinski definition) is 1. The first-order chi connectivity index (χ1) is 15.7. The lowest BCUT2D eigenvalue weighted by Crippen LogP contribution is -2.50. The number of ether oxygens (including phenoxy) is 1. The van der Waals surface area contributed by atoms with Gasteiger partial charge in [0.05, 0.1) is 19.5 Å². The second-order valence-corrected chi connectivity index (χ2v) is 8.14. The molecule has 0 saturated carbocycles. The zero-order valence-corrected chi connectivity index (χ0v) is 21.5. The minimum Gasteiger partial charge on any atom is -0.467 e. The number of morpholine rings is 1. The number of piperidine rings is 1. The summed E-state index contributed by atoms with van der Waals surface area (Å²) in [7, 11) is 0. The van der Waals surface area contributed by atoms with Crippen molar-refractivity contribution in [1.82, 2.24) is 29.9 Å². The molecule has 1 N–H and O–H groups in total. The Labute approximate surface area is 211 Å². The Morgan fingerprint density at radius 1 is 1.21 bits per heavy atom. The van der Waals surface area contributed by atoms with Gasteiger partial charge in [0.2, 0.25) is 5.91 Å². The van der Waals surface area contributed by atoms with Gasteiger partial charge in [0.15, 0.2) is 5.96 Å². The number of aliphatic imine (C=N–C) groups is 1. The van der Waals surface area contributed by atoms with Crippen LogP contribution in [0.5, 0.6) is 0 Å². The predicted molar refractivity (Wildman–Crippen MR) is 134 cm³/mol. The molecule has 0 aromatic carbocycles. The molecule has 0 spiro atoms. The summed E-state index contributed by atoms with van der Waals surface area (Å²) in [5.41, 5.74) is 0. The molecule has 1 amide bonds. The van der Waals surface area contributed by atoms with E-state index in [2.05, 4.69) is 31.9 Å². The van der Waals surface area contributed by atoms with Crippen molar-refractivity contribution in [1.29, 1.82) is 0 Å². The third-order valence-corrected chi connectivity index (χ3v) is 6.08. The molecule has 4 rings (SSSR count). The smallest absolute Gasteiger partial charge is 0.225 e. The van der Waals surface area contributed by atoms with Crippen LogP contribution in [0.15, 0.2) is 34.1 Å². The van der Waals surface area contributed by atoms with Crippen molar-refractivity contribution in [2.24, 2.45) is 10.9 Å². The number of amides is 1. The molecule has 2 aliphatic rings. The number of nitrogens with zero attached hydrogens (tertiary/aromatic N) is 6. The van der Waals surface area contributed by atoms with E-state index in [1.54, 1.807) is 12.6 Å². The molecular formula is C22H34IN7O3. The molecule has 33 heavy (non-hydrogen) atoms. The molecule has 11 heteroatoms. The SMILES string of the molecule is CCc1nncn1CCNC(=NCc1ccco1)N1CCC(C(=O)N2CCOCC2)CC1.I. The van der Waals surface area contributed by atoms with Crippen molar-refractivity contribution in [3.05, 3.63) is 36.3 Å². The van der Waals surface area contributed by atoms with Crippen LogP contribution in [-0.2, 0) is 29.0 Å². The van der Waals surface area contributed by atoms with E-state index in [0.29, 0.717) is 39.4 Å². The fourth-order valence-corrected chi connectivity index (χ4v) is 4.23. The van der Waals surface area contributed by atoms with Gasteiger partial charge in [-0.3, -0.25) is 4.79 Å². The quantitative estimate of drug-likeness (QED) is 0.307. The van der Waals surface area contributed by atoms with Crippen molar-refractivity contribution >= 4 is 35.8 Å². The van der Waals surface area contributed by atoms with E-state index in [0.717, 1.165) is 56.4 Å². The summed E-state index contributed by atoms with van der Waals surface area (Å²) in [4.78, 5) is 21.9. The molecule has 0 bridgehead atoms. The van der Waals surface area contributed by atoms with Gasteiger partial charge in [-0.05, 0) is 25.0 Å². The first kappa shape index (κ1) is 25.5. The second kappa shape index (κ2) is 12.9. The Morgan fingerprint density at radius 2 is 2.00 bits per heavy atom. The fourth-order valence-electron chi connectivity index (χ4n) is 4.23. The molecule has 10 nitrogen and oxygen atoms in total. The minimum atomic E-state index is 0. The zero-order chi connectivity index (χ0) is 22.2. The van der Waals surface area contributed by atoms with Crippen LogP contribution in [0.2, 0.25) is 0 Å². The molecular weight excluding hydrogens is 537 g/mol. The number of rotatable bonds is 7. The van der Waals surface area contributed by atoms with Gasteiger partial charge < -0.3 is 28.8 Å². The van der Waals surface area contributed by atoms with Gasteiger partial charge in [-0.25, -0.2) is 4.99 Å². The summed E-state index contributed by atoms with van der Waals surface area (Å²) in [6, 6.07) is 3.80. The van der Waals surface area contributed by atoms with Crippen molar-refractivity contribution in [2.45, 2.75) is 39.3 Å². The average Bonchev–Trinajstić information content (AvgIpc) is 3.53. The van der Waals surface area contributed by atoms with E-state index in [-0.39, 0.29) is 35.8 Å². The van der Waals surface area contributed by atoms with Gasteiger partial charge in [0.1, 0.15) is 24.5 Å². The number of carbonyl (C=O) groups is 1. The standard InChI is InChI=1S/C22H33N7O3.HI/c1-2-20-26-25-17-29(20)10-7-23-22(24-16-19-4-3-13-32-19)28-8-5-18(6-9-28)21(30)27-11-14-31-15-12-27;/h3-4,13,17-18H,2,5-12,14-16H2,1H3,(H,23,24);1H. The van der Waals surface area contributed by atoms with Gasteiger partial charge in [-0.2, -0.15) is 0 Å². The van der Waals surface area contributed by atoms with E-state index in [4.69, 9.17) is 14.1 Å². The molecule has 2 fully saturated rings. The molecule has 4 heterocycles. The number of carbonyl (C=O) groups excluding carboxylic acids is 1. The van der Waals surface area contributed by atoms with Crippen molar-refractivity contribution in [2.75, 3.05) is 45.9 Å². The van der Waals surface area contributed by atoms with E-state index in [1.807, 2.05) is 17.0 Å². The third kappa shape index (κ3) is 6.92. The number of hydrogen-bond acceptors (Lipinski definition) is 6. The van der Waals surface area contributed by atoms with Crippen molar-refractivity contribution in [3.63, 3.8) is 0 Å². The molecule has 2 saturated heterocycles.